The molecule has 0 saturated carbocycles. The summed E-state index contributed by atoms with van der Waals surface area (Å²) in [4.78, 5) is 29.0. The Labute approximate surface area is 143 Å². The fourth-order valence-corrected chi connectivity index (χ4v) is 4.03. The number of hydrogen-bond acceptors (Lipinski definition) is 4. The van der Waals surface area contributed by atoms with Gasteiger partial charge in [-0.2, -0.15) is 0 Å². The van der Waals surface area contributed by atoms with Crippen LogP contribution in [0.4, 0.5) is 0 Å². The van der Waals surface area contributed by atoms with Crippen LogP contribution in [0.1, 0.15) is 39.2 Å². The van der Waals surface area contributed by atoms with E-state index in [1.54, 1.807) is 4.90 Å². The second-order valence-electron chi connectivity index (χ2n) is 4.95. The van der Waals surface area contributed by atoms with Crippen molar-refractivity contribution in [1.29, 1.82) is 0 Å². The van der Waals surface area contributed by atoms with Gasteiger partial charge in [-0.25, -0.2) is 0 Å². The van der Waals surface area contributed by atoms with Gasteiger partial charge in [-0.1, -0.05) is 11.6 Å². The highest BCUT2D eigenvalue weighted by atomic mass is 35.5. The molecule has 2 aromatic rings. The fourth-order valence-electron chi connectivity index (χ4n) is 2.09. The molecule has 2 aromatic heterocycles. The summed E-state index contributed by atoms with van der Waals surface area (Å²) in [6.07, 6.45) is 0.517. The van der Waals surface area contributed by atoms with E-state index in [0.717, 1.165) is 19.0 Å². The molecule has 22 heavy (non-hydrogen) atoms. The van der Waals surface area contributed by atoms with Gasteiger partial charge in [0, 0.05) is 29.1 Å². The van der Waals surface area contributed by atoms with E-state index in [1.165, 1.54) is 22.7 Å². The zero-order valence-electron chi connectivity index (χ0n) is 12.6. The van der Waals surface area contributed by atoms with E-state index in [2.05, 4.69) is 0 Å². The summed E-state index contributed by atoms with van der Waals surface area (Å²) in [6.45, 7) is 5.09. The number of halogens is 1. The van der Waals surface area contributed by atoms with Gasteiger partial charge < -0.3 is 4.90 Å². The average Bonchev–Trinajstić information content (AvgIpc) is 3.10. The van der Waals surface area contributed by atoms with E-state index in [0.29, 0.717) is 13.1 Å². The molecule has 0 fully saturated rings. The van der Waals surface area contributed by atoms with Gasteiger partial charge in [-0.05, 0) is 38.1 Å². The van der Waals surface area contributed by atoms with Gasteiger partial charge in [0.2, 0.25) is 5.91 Å². The monoisotopic (exact) mass is 355 g/mol. The lowest BCUT2D eigenvalue weighted by molar-refractivity contribution is -0.131. The molecule has 0 spiro atoms. The highest BCUT2D eigenvalue weighted by molar-refractivity contribution is 7.16. The second-order valence-corrected chi connectivity index (χ2v) is 8.03. The maximum atomic E-state index is 12.3. The van der Waals surface area contributed by atoms with E-state index < -0.39 is 0 Å². The van der Waals surface area contributed by atoms with Crippen molar-refractivity contribution in [2.45, 2.75) is 33.2 Å². The van der Waals surface area contributed by atoms with Crippen LogP contribution in [0.5, 0.6) is 0 Å². The Morgan fingerprint density at radius 2 is 1.91 bits per heavy atom. The van der Waals surface area contributed by atoms with E-state index in [1.807, 2.05) is 38.1 Å². The topological polar surface area (TPSA) is 37.4 Å². The minimum absolute atomic E-state index is 0.00801. The van der Waals surface area contributed by atoms with Crippen molar-refractivity contribution < 1.29 is 9.59 Å². The summed E-state index contributed by atoms with van der Waals surface area (Å²) >= 11 is 8.87. The summed E-state index contributed by atoms with van der Waals surface area (Å²) in [7, 11) is 0. The molecule has 0 saturated heterocycles. The third-order valence-electron chi connectivity index (χ3n) is 3.29. The summed E-state index contributed by atoms with van der Waals surface area (Å²) in [5.74, 6) is 0.0512. The first-order valence-corrected chi connectivity index (χ1v) is 9.12. The second kappa shape index (κ2) is 7.90. The molecule has 0 aliphatic heterocycles. The number of carbonyl (C=O) groups excluding carboxylic acids is 2. The van der Waals surface area contributed by atoms with Crippen LogP contribution in [0.3, 0.4) is 0 Å². The molecule has 0 aliphatic rings. The van der Waals surface area contributed by atoms with Gasteiger partial charge in [-0.3, -0.25) is 9.59 Å². The van der Waals surface area contributed by atoms with Gasteiger partial charge in [0.15, 0.2) is 5.78 Å². The number of carbonyl (C=O) groups is 2. The number of amides is 1. The molecule has 2 heterocycles. The predicted molar refractivity (Wildman–Crippen MR) is 93.0 cm³/mol. The quantitative estimate of drug-likeness (QED) is 0.670. The molecular formula is C16H18ClNO2S2. The molecule has 0 N–H and O–H groups in total. The van der Waals surface area contributed by atoms with Gasteiger partial charge in [0.1, 0.15) is 0 Å². The van der Waals surface area contributed by atoms with Gasteiger partial charge in [0.25, 0.3) is 0 Å². The molecule has 0 bridgehead atoms. The van der Waals surface area contributed by atoms with Crippen LogP contribution in [0, 0.1) is 6.92 Å². The number of rotatable bonds is 7. The van der Waals surface area contributed by atoms with Crippen LogP contribution in [-0.4, -0.2) is 23.1 Å². The lowest BCUT2D eigenvalue weighted by Gasteiger charge is -2.19. The minimum Gasteiger partial charge on any atom is -0.338 e. The van der Waals surface area contributed by atoms with E-state index in [4.69, 9.17) is 11.6 Å². The van der Waals surface area contributed by atoms with Crippen LogP contribution in [0.25, 0.3) is 0 Å². The Balaban J connectivity index is 1.88. The maximum Gasteiger partial charge on any atom is 0.223 e. The van der Waals surface area contributed by atoms with Crippen LogP contribution >= 0.6 is 34.3 Å². The van der Waals surface area contributed by atoms with Crippen molar-refractivity contribution in [3.05, 3.63) is 43.2 Å². The molecule has 0 aromatic carbocycles. The normalized spacial score (nSPS) is 10.7. The van der Waals surface area contributed by atoms with Gasteiger partial charge >= 0.3 is 0 Å². The van der Waals surface area contributed by atoms with Gasteiger partial charge in [-0.15, -0.1) is 22.7 Å². The molecule has 118 valence electrons. The maximum absolute atomic E-state index is 12.3. The van der Waals surface area contributed by atoms with E-state index in [-0.39, 0.29) is 24.5 Å². The molecule has 0 atom stereocenters. The first-order chi connectivity index (χ1) is 10.5. The van der Waals surface area contributed by atoms with E-state index >= 15 is 0 Å². The highest BCUT2D eigenvalue weighted by Gasteiger charge is 2.16. The lowest BCUT2D eigenvalue weighted by atomic mass is 10.1. The molecule has 3 nitrogen and oxygen atoms in total. The Morgan fingerprint density at radius 3 is 2.45 bits per heavy atom. The third kappa shape index (κ3) is 4.66. The highest BCUT2D eigenvalue weighted by Crippen LogP contribution is 2.23. The zero-order valence-corrected chi connectivity index (χ0v) is 15.0. The lowest BCUT2D eigenvalue weighted by Crippen LogP contribution is -2.30. The molecule has 0 radical (unpaired) electrons. The first-order valence-electron chi connectivity index (χ1n) is 7.11. The van der Waals surface area contributed by atoms with Crippen LogP contribution < -0.4 is 0 Å². The molecule has 2 rings (SSSR count). The minimum atomic E-state index is 0.00801. The van der Waals surface area contributed by atoms with E-state index in [9.17, 15) is 9.59 Å². The Bertz CT molecular complexity index is 663. The molecule has 0 aliphatic carbocycles. The van der Waals surface area contributed by atoms with Crippen LogP contribution in [-0.2, 0) is 11.3 Å². The summed E-state index contributed by atoms with van der Waals surface area (Å²) in [5, 5.41) is 0. The number of Topliss-reactive ketones (excluding diaryl/α,β-unsaturated/α-hetero) is 1. The third-order valence-corrected chi connectivity index (χ3v) is 5.55. The Hall–Kier alpha value is -1.17. The Morgan fingerprint density at radius 1 is 1.14 bits per heavy atom. The summed E-state index contributed by atoms with van der Waals surface area (Å²) in [6, 6.07) is 7.53. The number of aryl methyl sites for hydroxylation is 1. The number of ketones is 1. The van der Waals surface area contributed by atoms with Crippen molar-refractivity contribution in [3.8, 4) is 0 Å². The van der Waals surface area contributed by atoms with Crippen molar-refractivity contribution in [2.24, 2.45) is 0 Å². The van der Waals surface area contributed by atoms with Crippen molar-refractivity contribution in [3.63, 3.8) is 0 Å². The average molecular weight is 356 g/mol. The smallest absolute Gasteiger partial charge is 0.223 e. The summed E-state index contributed by atoms with van der Waals surface area (Å²) in [5.41, 5.74) is 0. The van der Waals surface area contributed by atoms with Crippen LogP contribution in [0.15, 0.2) is 24.3 Å². The number of thiophene rings is 2. The summed E-state index contributed by atoms with van der Waals surface area (Å²) < 4.78 is 0.724. The predicted octanol–water partition coefficient (Wildman–Crippen LogP) is 4.78. The zero-order chi connectivity index (χ0) is 16.1. The molecule has 0 unspecified atom stereocenters. The van der Waals surface area contributed by atoms with Crippen molar-refractivity contribution >= 4 is 46.0 Å². The van der Waals surface area contributed by atoms with Crippen molar-refractivity contribution in [1.82, 2.24) is 4.90 Å². The fraction of sp³-hybridized carbons (Fsp3) is 0.375. The molecule has 1 amide bonds. The number of nitrogens with zero attached hydrogens (tertiary/aromatic N) is 1. The Kier molecular flexibility index (Phi) is 6.17. The first kappa shape index (κ1) is 17.2. The van der Waals surface area contributed by atoms with Crippen molar-refractivity contribution in [2.75, 3.05) is 6.54 Å². The van der Waals surface area contributed by atoms with Gasteiger partial charge in [0.05, 0.1) is 15.8 Å². The molecule has 6 heteroatoms. The number of hydrogen-bond donors (Lipinski definition) is 0. The molecular weight excluding hydrogens is 338 g/mol. The standard InChI is InChI=1S/C16H18ClNO2S2/c1-3-18(10-12-5-8-15(17)22-12)16(20)9-6-13(19)14-7-4-11(2)21-14/h4-5,7-8H,3,6,9-10H2,1-2H3. The van der Waals surface area contributed by atoms with Crippen LogP contribution in [0.2, 0.25) is 4.34 Å². The SMILES string of the molecule is CCN(Cc1ccc(Cl)s1)C(=O)CCC(=O)c1ccc(C)s1. The largest absolute Gasteiger partial charge is 0.338 e.